The third kappa shape index (κ3) is 3.11. The maximum atomic E-state index is 12.4. The number of rotatable bonds is 3. The maximum Gasteiger partial charge on any atom is 0.255 e. The van der Waals surface area contributed by atoms with Gasteiger partial charge in [0.15, 0.2) is 0 Å². The molecule has 0 aliphatic carbocycles. The highest BCUT2D eigenvalue weighted by atomic mass is 35.5. The quantitative estimate of drug-likeness (QED) is 0.903. The SMILES string of the molecule is CC(C(N)=O)N1CCN(C(=O)c2ccccc2Cl)CC1. The highest BCUT2D eigenvalue weighted by Gasteiger charge is 2.27. The summed E-state index contributed by atoms with van der Waals surface area (Å²) in [6.45, 7) is 4.21. The van der Waals surface area contributed by atoms with Crippen molar-refractivity contribution in [2.45, 2.75) is 13.0 Å². The number of nitrogens with zero attached hydrogens (tertiary/aromatic N) is 2. The summed E-state index contributed by atoms with van der Waals surface area (Å²) in [5, 5.41) is 0.463. The molecule has 1 aromatic carbocycles. The molecule has 1 aliphatic heterocycles. The van der Waals surface area contributed by atoms with Crippen LogP contribution >= 0.6 is 11.6 Å². The van der Waals surface area contributed by atoms with Crippen molar-refractivity contribution in [1.29, 1.82) is 0 Å². The Labute approximate surface area is 123 Å². The third-order valence-corrected chi connectivity index (χ3v) is 3.99. The molecule has 0 radical (unpaired) electrons. The van der Waals surface area contributed by atoms with Crippen LogP contribution in [-0.2, 0) is 4.79 Å². The van der Waals surface area contributed by atoms with Gasteiger partial charge in [-0.15, -0.1) is 0 Å². The first-order valence-electron chi connectivity index (χ1n) is 6.58. The van der Waals surface area contributed by atoms with Crippen LogP contribution in [-0.4, -0.2) is 53.8 Å². The summed E-state index contributed by atoms with van der Waals surface area (Å²) in [5.74, 6) is -0.405. The van der Waals surface area contributed by atoms with Gasteiger partial charge in [-0.25, -0.2) is 0 Å². The van der Waals surface area contributed by atoms with Crippen molar-refractivity contribution >= 4 is 23.4 Å². The van der Waals surface area contributed by atoms with E-state index < -0.39 is 0 Å². The Hall–Kier alpha value is -1.59. The molecule has 1 heterocycles. The van der Waals surface area contributed by atoms with E-state index in [0.29, 0.717) is 36.8 Å². The molecule has 2 amide bonds. The number of nitrogens with two attached hydrogens (primary N) is 1. The number of halogens is 1. The number of primary amides is 1. The molecule has 2 rings (SSSR count). The lowest BCUT2D eigenvalue weighted by molar-refractivity contribution is -0.123. The minimum Gasteiger partial charge on any atom is -0.368 e. The highest BCUT2D eigenvalue weighted by Crippen LogP contribution is 2.18. The second kappa shape index (κ2) is 6.24. The number of piperazine rings is 1. The molecule has 6 heteroatoms. The lowest BCUT2D eigenvalue weighted by Gasteiger charge is -2.37. The molecule has 0 spiro atoms. The van der Waals surface area contributed by atoms with E-state index in [2.05, 4.69) is 0 Å². The first kappa shape index (κ1) is 14.8. The Balaban J connectivity index is 1.99. The van der Waals surface area contributed by atoms with Crippen molar-refractivity contribution < 1.29 is 9.59 Å². The van der Waals surface area contributed by atoms with Gasteiger partial charge >= 0.3 is 0 Å². The van der Waals surface area contributed by atoms with Crippen LogP contribution in [0.25, 0.3) is 0 Å². The average molecular weight is 296 g/mol. The van der Waals surface area contributed by atoms with Crippen LogP contribution < -0.4 is 5.73 Å². The number of amides is 2. The molecule has 0 saturated carbocycles. The molecule has 108 valence electrons. The van der Waals surface area contributed by atoms with Crippen molar-refractivity contribution in [2.75, 3.05) is 26.2 Å². The Morgan fingerprint density at radius 2 is 1.80 bits per heavy atom. The van der Waals surface area contributed by atoms with Gasteiger partial charge in [0.05, 0.1) is 16.6 Å². The Kier molecular flexibility index (Phi) is 4.62. The van der Waals surface area contributed by atoms with Gasteiger partial charge in [-0.1, -0.05) is 23.7 Å². The number of carbonyl (C=O) groups excluding carboxylic acids is 2. The highest BCUT2D eigenvalue weighted by molar-refractivity contribution is 6.33. The standard InChI is InChI=1S/C14H18ClN3O2/c1-10(13(16)19)17-6-8-18(9-7-17)14(20)11-4-2-3-5-12(11)15/h2-5,10H,6-9H2,1H3,(H2,16,19). The first-order valence-corrected chi connectivity index (χ1v) is 6.95. The fourth-order valence-corrected chi connectivity index (χ4v) is 2.51. The van der Waals surface area contributed by atoms with Gasteiger partial charge in [0.2, 0.25) is 5.91 Å². The van der Waals surface area contributed by atoms with Crippen LogP contribution in [0.5, 0.6) is 0 Å². The van der Waals surface area contributed by atoms with Crippen molar-refractivity contribution in [1.82, 2.24) is 9.80 Å². The minimum absolute atomic E-state index is 0.0676. The van der Waals surface area contributed by atoms with E-state index in [1.165, 1.54) is 0 Å². The van der Waals surface area contributed by atoms with Gasteiger partial charge in [-0.05, 0) is 19.1 Å². The Bertz CT molecular complexity index is 513. The maximum absolute atomic E-state index is 12.4. The molecule has 1 aliphatic rings. The van der Waals surface area contributed by atoms with Gasteiger partial charge in [0.1, 0.15) is 0 Å². The topological polar surface area (TPSA) is 66.6 Å². The normalized spacial score (nSPS) is 17.8. The Morgan fingerprint density at radius 1 is 1.20 bits per heavy atom. The molecule has 1 aromatic rings. The Morgan fingerprint density at radius 3 is 2.35 bits per heavy atom. The monoisotopic (exact) mass is 295 g/mol. The summed E-state index contributed by atoms with van der Waals surface area (Å²) >= 11 is 6.04. The van der Waals surface area contributed by atoms with E-state index in [1.807, 2.05) is 4.90 Å². The number of benzene rings is 1. The van der Waals surface area contributed by atoms with Crippen molar-refractivity contribution in [3.8, 4) is 0 Å². The van der Waals surface area contributed by atoms with E-state index in [-0.39, 0.29) is 17.9 Å². The van der Waals surface area contributed by atoms with Crippen molar-refractivity contribution in [3.63, 3.8) is 0 Å². The molecule has 0 bridgehead atoms. The summed E-state index contributed by atoms with van der Waals surface area (Å²) in [4.78, 5) is 27.3. The second-order valence-electron chi connectivity index (χ2n) is 4.89. The van der Waals surface area contributed by atoms with Crippen LogP contribution in [0.1, 0.15) is 17.3 Å². The molecule has 5 nitrogen and oxygen atoms in total. The fraction of sp³-hybridized carbons (Fsp3) is 0.429. The summed E-state index contributed by atoms with van der Waals surface area (Å²) in [6, 6.07) is 6.73. The fourth-order valence-electron chi connectivity index (χ4n) is 2.30. The van der Waals surface area contributed by atoms with E-state index in [0.717, 1.165) is 0 Å². The molecule has 20 heavy (non-hydrogen) atoms. The van der Waals surface area contributed by atoms with E-state index in [4.69, 9.17) is 17.3 Å². The van der Waals surface area contributed by atoms with Crippen LogP contribution in [0.15, 0.2) is 24.3 Å². The van der Waals surface area contributed by atoms with Gasteiger partial charge in [0, 0.05) is 26.2 Å². The van der Waals surface area contributed by atoms with Crippen LogP contribution in [0.2, 0.25) is 5.02 Å². The summed E-state index contributed by atoms with van der Waals surface area (Å²) < 4.78 is 0. The van der Waals surface area contributed by atoms with Gasteiger partial charge in [0.25, 0.3) is 5.91 Å². The van der Waals surface area contributed by atoms with E-state index in [1.54, 1.807) is 36.1 Å². The third-order valence-electron chi connectivity index (χ3n) is 3.67. The van der Waals surface area contributed by atoms with E-state index >= 15 is 0 Å². The minimum atomic E-state index is -0.337. The second-order valence-corrected chi connectivity index (χ2v) is 5.29. The summed E-state index contributed by atoms with van der Waals surface area (Å²) in [7, 11) is 0. The smallest absolute Gasteiger partial charge is 0.255 e. The molecule has 1 unspecified atom stereocenters. The van der Waals surface area contributed by atoms with Crippen LogP contribution in [0.4, 0.5) is 0 Å². The number of hydrogen-bond donors (Lipinski definition) is 1. The van der Waals surface area contributed by atoms with Crippen LogP contribution in [0.3, 0.4) is 0 Å². The average Bonchev–Trinajstić information content (AvgIpc) is 2.46. The largest absolute Gasteiger partial charge is 0.368 e. The first-order chi connectivity index (χ1) is 9.50. The predicted octanol–water partition coefficient (Wildman–Crippen LogP) is 0.972. The van der Waals surface area contributed by atoms with Crippen LogP contribution in [0, 0.1) is 0 Å². The molecular formula is C14H18ClN3O2. The predicted molar refractivity (Wildman–Crippen MR) is 77.6 cm³/mol. The summed E-state index contributed by atoms with van der Waals surface area (Å²) in [5.41, 5.74) is 5.81. The van der Waals surface area contributed by atoms with Gasteiger partial charge < -0.3 is 10.6 Å². The van der Waals surface area contributed by atoms with Crippen molar-refractivity contribution in [3.05, 3.63) is 34.9 Å². The molecule has 1 atom stereocenters. The number of carbonyl (C=O) groups is 2. The molecule has 1 fully saturated rings. The van der Waals surface area contributed by atoms with Gasteiger partial charge in [-0.3, -0.25) is 14.5 Å². The molecular weight excluding hydrogens is 278 g/mol. The zero-order valence-corrected chi connectivity index (χ0v) is 12.1. The zero-order chi connectivity index (χ0) is 14.7. The van der Waals surface area contributed by atoms with Gasteiger partial charge in [-0.2, -0.15) is 0 Å². The van der Waals surface area contributed by atoms with Crippen molar-refractivity contribution in [2.24, 2.45) is 5.73 Å². The number of hydrogen-bond acceptors (Lipinski definition) is 3. The summed E-state index contributed by atoms with van der Waals surface area (Å²) in [6.07, 6.45) is 0. The molecule has 0 aromatic heterocycles. The van der Waals surface area contributed by atoms with E-state index in [9.17, 15) is 9.59 Å². The lowest BCUT2D eigenvalue weighted by atomic mass is 10.1. The lowest BCUT2D eigenvalue weighted by Crippen LogP contribution is -2.54. The molecule has 1 saturated heterocycles. The zero-order valence-electron chi connectivity index (χ0n) is 11.4. The molecule has 2 N–H and O–H groups in total.